The Morgan fingerprint density at radius 1 is 0.640 bits per heavy atom. The van der Waals surface area contributed by atoms with Crippen molar-refractivity contribution in [3.05, 3.63) is 97.3 Å². The Hall–Kier alpha value is -3.39. The quantitative estimate of drug-likeness (QED) is 0.399. The molecule has 0 aliphatic rings. The van der Waals surface area contributed by atoms with E-state index in [2.05, 4.69) is 94.6 Å². The number of para-hydroxylation sites is 1. The maximum Gasteiger partial charge on any atom is 0.0723 e. The first-order valence-electron chi connectivity index (χ1n) is 8.41. The minimum Gasteiger partial charge on any atom is -0.316 e. The summed E-state index contributed by atoms with van der Waals surface area (Å²) in [5.74, 6) is 0. The predicted molar refractivity (Wildman–Crippen MR) is 104 cm³/mol. The monoisotopic (exact) mass is 320 g/mol. The Kier molecular flexibility index (Phi) is 3.14. The molecule has 5 aromatic rings. The van der Waals surface area contributed by atoms with Gasteiger partial charge in [-0.3, -0.25) is 4.98 Å². The molecule has 0 amide bonds. The van der Waals surface area contributed by atoms with Crippen LogP contribution in [0.3, 0.4) is 0 Å². The summed E-state index contributed by atoms with van der Waals surface area (Å²) in [6, 6.07) is 29.6. The molecule has 2 nitrogen and oxygen atoms in total. The SMILES string of the molecule is c1ccc2c(-c3cccn3-c3ccnc4ccccc34)cccc2c1. The van der Waals surface area contributed by atoms with Crippen LogP contribution in [0.5, 0.6) is 0 Å². The van der Waals surface area contributed by atoms with Crippen molar-refractivity contribution < 1.29 is 0 Å². The minimum atomic E-state index is 1.01. The number of nitrogens with zero attached hydrogens (tertiary/aromatic N) is 2. The smallest absolute Gasteiger partial charge is 0.0723 e. The van der Waals surface area contributed by atoms with Crippen LogP contribution < -0.4 is 0 Å². The van der Waals surface area contributed by atoms with Gasteiger partial charge in [0.05, 0.1) is 16.9 Å². The van der Waals surface area contributed by atoms with E-state index in [1.165, 1.54) is 22.0 Å². The highest BCUT2D eigenvalue weighted by Gasteiger charge is 2.11. The molecule has 0 fully saturated rings. The molecule has 0 aliphatic carbocycles. The molecular formula is C23H16N2. The van der Waals surface area contributed by atoms with Crippen molar-refractivity contribution in [3.8, 4) is 16.9 Å². The normalized spacial score (nSPS) is 11.2. The maximum atomic E-state index is 4.49. The predicted octanol–water partition coefficient (Wildman–Crippen LogP) is 5.85. The zero-order valence-corrected chi connectivity index (χ0v) is 13.6. The zero-order chi connectivity index (χ0) is 16.6. The fourth-order valence-corrected chi connectivity index (χ4v) is 3.55. The number of hydrogen-bond acceptors (Lipinski definition) is 1. The first kappa shape index (κ1) is 14.0. The molecule has 3 aromatic carbocycles. The topological polar surface area (TPSA) is 17.8 Å². The molecule has 0 saturated heterocycles. The van der Waals surface area contributed by atoms with E-state index in [0.717, 1.165) is 16.6 Å². The van der Waals surface area contributed by atoms with Gasteiger partial charge in [0.1, 0.15) is 0 Å². The number of hydrogen-bond donors (Lipinski definition) is 0. The van der Waals surface area contributed by atoms with Crippen LogP contribution in [0.4, 0.5) is 0 Å². The van der Waals surface area contributed by atoms with Gasteiger partial charge >= 0.3 is 0 Å². The third-order valence-electron chi connectivity index (χ3n) is 4.70. The molecule has 0 aliphatic heterocycles. The molecule has 118 valence electrons. The van der Waals surface area contributed by atoms with Crippen LogP contribution in [-0.2, 0) is 0 Å². The number of benzene rings is 3. The van der Waals surface area contributed by atoms with E-state index in [4.69, 9.17) is 0 Å². The summed E-state index contributed by atoms with van der Waals surface area (Å²) >= 11 is 0. The molecule has 25 heavy (non-hydrogen) atoms. The summed E-state index contributed by atoms with van der Waals surface area (Å²) in [5.41, 5.74) is 4.59. The van der Waals surface area contributed by atoms with Gasteiger partial charge in [-0.2, -0.15) is 0 Å². The number of pyridine rings is 1. The van der Waals surface area contributed by atoms with Crippen molar-refractivity contribution in [1.82, 2.24) is 9.55 Å². The van der Waals surface area contributed by atoms with E-state index < -0.39 is 0 Å². The van der Waals surface area contributed by atoms with Gasteiger partial charge < -0.3 is 4.57 Å². The lowest BCUT2D eigenvalue weighted by molar-refractivity contribution is 1.10. The first-order chi connectivity index (χ1) is 12.4. The van der Waals surface area contributed by atoms with Crippen LogP contribution in [0, 0.1) is 0 Å². The lowest BCUT2D eigenvalue weighted by Gasteiger charge is -2.13. The van der Waals surface area contributed by atoms with Crippen LogP contribution in [0.1, 0.15) is 0 Å². The molecule has 0 N–H and O–H groups in total. The van der Waals surface area contributed by atoms with Crippen LogP contribution in [0.15, 0.2) is 97.3 Å². The summed E-state index contributed by atoms with van der Waals surface area (Å²) in [7, 11) is 0. The third kappa shape index (κ3) is 2.23. The van der Waals surface area contributed by atoms with Gasteiger partial charge in [0.25, 0.3) is 0 Å². The van der Waals surface area contributed by atoms with Crippen molar-refractivity contribution >= 4 is 21.7 Å². The van der Waals surface area contributed by atoms with E-state index >= 15 is 0 Å². The maximum absolute atomic E-state index is 4.49. The summed E-state index contributed by atoms with van der Waals surface area (Å²) in [5, 5.41) is 3.68. The van der Waals surface area contributed by atoms with Gasteiger partial charge in [-0.05, 0) is 35.0 Å². The van der Waals surface area contributed by atoms with Gasteiger partial charge in [-0.1, -0.05) is 60.7 Å². The highest BCUT2D eigenvalue weighted by Crippen LogP contribution is 2.32. The number of fused-ring (bicyclic) bond motifs is 2. The van der Waals surface area contributed by atoms with Gasteiger partial charge in [-0.25, -0.2) is 0 Å². The molecule has 2 heterocycles. The largest absolute Gasteiger partial charge is 0.316 e. The van der Waals surface area contributed by atoms with E-state index in [1.807, 2.05) is 12.3 Å². The average Bonchev–Trinajstić information content (AvgIpc) is 3.16. The molecule has 0 unspecified atom stereocenters. The Balaban J connectivity index is 1.80. The van der Waals surface area contributed by atoms with E-state index in [9.17, 15) is 0 Å². The summed E-state index contributed by atoms with van der Waals surface area (Å²) in [4.78, 5) is 4.49. The summed E-state index contributed by atoms with van der Waals surface area (Å²) in [6.07, 6.45) is 4.00. The van der Waals surface area contributed by atoms with Crippen LogP contribution in [-0.4, -0.2) is 9.55 Å². The Bertz CT molecular complexity index is 1100. The molecule has 0 spiro atoms. The van der Waals surface area contributed by atoms with Crippen molar-refractivity contribution in [3.63, 3.8) is 0 Å². The zero-order valence-electron chi connectivity index (χ0n) is 13.6. The molecule has 0 bridgehead atoms. The fraction of sp³-hybridized carbons (Fsp3) is 0. The average molecular weight is 320 g/mol. The van der Waals surface area contributed by atoms with Gasteiger partial charge in [0.15, 0.2) is 0 Å². The van der Waals surface area contributed by atoms with E-state index in [1.54, 1.807) is 0 Å². The highest BCUT2D eigenvalue weighted by atomic mass is 15.0. The molecule has 5 rings (SSSR count). The van der Waals surface area contributed by atoms with Gasteiger partial charge in [-0.15, -0.1) is 0 Å². The number of aromatic nitrogens is 2. The number of rotatable bonds is 2. The minimum absolute atomic E-state index is 1.01. The molecule has 0 saturated carbocycles. The van der Waals surface area contributed by atoms with E-state index in [0.29, 0.717) is 0 Å². The molecule has 2 aromatic heterocycles. The van der Waals surface area contributed by atoms with Crippen LogP contribution in [0.25, 0.3) is 38.6 Å². The third-order valence-corrected chi connectivity index (χ3v) is 4.70. The van der Waals surface area contributed by atoms with Crippen molar-refractivity contribution in [2.75, 3.05) is 0 Å². The Morgan fingerprint density at radius 3 is 2.40 bits per heavy atom. The van der Waals surface area contributed by atoms with Crippen molar-refractivity contribution in [2.45, 2.75) is 0 Å². The standard InChI is InChI=1S/C23H16N2/c1-2-9-18-17(7-1)8-5-11-19(18)22-13-6-16-25(22)23-14-15-24-21-12-4-3-10-20(21)23/h1-16H. The molecule has 0 radical (unpaired) electrons. The molecule has 2 heteroatoms. The van der Waals surface area contributed by atoms with Crippen LogP contribution >= 0.6 is 0 Å². The van der Waals surface area contributed by atoms with Crippen molar-refractivity contribution in [1.29, 1.82) is 0 Å². The lowest BCUT2D eigenvalue weighted by Crippen LogP contribution is -1.97. The Morgan fingerprint density at radius 2 is 1.44 bits per heavy atom. The van der Waals surface area contributed by atoms with Crippen molar-refractivity contribution in [2.24, 2.45) is 0 Å². The van der Waals surface area contributed by atoms with Gasteiger partial charge in [0.2, 0.25) is 0 Å². The Labute approximate surface area is 146 Å². The van der Waals surface area contributed by atoms with Gasteiger partial charge in [0, 0.05) is 23.3 Å². The fourth-order valence-electron chi connectivity index (χ4n) is 3.55. The summed E-state index contributed by atoms with van der Waals surface area (Å²) < 4.78 is 2.26. The summed E-state index contributed by atoms with van der Waals surface area (Å²) in [6.45, 7) is 0. The molecule has 0 atom stereocenters. The van der Waals surface area contributed by atoms with Crippen LogP contribution in [0.2, 0.25) is 0 Å². The second-order valence-corrected chi connectivity index (χ2v) is 6.14. The second-order valence-electron chi connectivity index (χ2n) is 6.14. The lowest BCUT2D eigenvalue weighted by atomic mass is 10.0. The second kappa shape index (κ2) is 5.60. The highest BCUT2D eigenvalue weighted by molar-refractivity contribution is 5.97. The molecular weight excluding hydrogens is 304 g/mol. The van der Waals surface area contributed by atoms with E-state index in [-0.39, 0.29) is 0 Å². The first-order valence-corrected chi connectivity index (χ1v) is 8.41.